The predicted molar refractivity (Wildman–Crippen MR) is 85.3 cm³/mol. The summed E-state index contributed by atoms with van der Waals surface area (Å²) in [6, 6.07) is 8.16. The molecule has 9 heteroatoms. The van der Waals surface area contributed by atoms with Gasteiger partial charge < -0.3 is 5.32 Å². The van der Waals surface area contributed by atoms with Gasteiger partial charge >= 0.3 is 0 Å². The Balaban J connectivity index is 1.75. The van der Waals surface area contributed by atoms with Gasteiger partial charge in [0.2, 0.25) is 5.91 Å². The Morgan fingerprint density at radius 3 is 2.32 bits per heavy atom. The molecule has 0 aliphatic carbocycles. The van der Waals surface area contributed by atoms with E-state index in [1.165, 1.54) is 18.2 Å². The molecule has 1 heterocycles. The summed E-state index contributed by atoms with van der Waals surface area (Å²) in [4.78, 5) is 34.8. The minimum absolute atomic E-state index is 0.101. The second kappa shape index (κ2) is 6.10. The normalized spacial score (nSPS) is 13.3. The first-order valence-corrected chi connectivity index (χ1v) is 8.69. The summed E-state index contributed by atoms with van der Waals surface area (Å²) in [5.74, 6) is -3.38. The largest absolute Gasteiger partial charge is 0.325 e. The van der Waals surface area contributed by atoms with Crippen molar-refractivity contribution in [1.82, 2.24) is 5.32 Å². The SMILES string of the molecule is O=C(CS(=O)(=O)c1ccc(F)cc1)Nc1ccc2c(c1)C(=O)NC2=O. The maximum Gasteiger partial charge on any atom is 0.259 e. The Bertz CT molecular complexity index is 1000. The minimum Gasteiger partial charge on any atom is -0.325 e. The molecule has 7 nitrogen and oxygen atoms in total. The minimum atomic E-state index is -3.94. The fraction of sp³-hybridized carbons (Fsp3) is 0.0625. The van der Waals surface area contributed by atoms with E-state index in [-0.39, 0.29) is 21.7 Å². The molecule has 0 aromatic heterocycles. The van der Waals surface area contributed by atoms with Crippen LogP contribution in [0.4, 0.5) is 10.1 Å². The fourth-order valence-corrected chi connectivity index (χ4v) is 3.48. The summed E-state index contributed by atoms with van der Waals surface area (Å²) < 4.78 is 37.1. The van der Waals surface area contributed by atoms with Gasteiger partial charge in [-0.25, -0.2) is 12.8 Å². The highest BCUT2D eigenvalue weighted by Crippen LogP contribution is 2.20. The maximum atomic E-state index is 12.9. The monoisotopic (exact) mass is 362 g/mol. The van der Waals surface area contributed by atoms with Crippen LogP contribution in [0.25, 0.3) is 0 Å². The zero-order valence-corrected chi connectivity index (χ0v) is 13.4. The third-order valence-corrected chi connectivity index (χ3v) is 5.15. The van der Waals surface area contributed by atoms with Crippen LogP contribution < -0.4 is 10.6 Å². The van der Waals surface area contributed by atoms with Crippen LogP contribution in [0.3, 0.4) is 0 Å². The van der Waals surface area contributed by atoms with Gasteiger partial charge in [-0.15, -0.1) is 0 Å². The predicted octanol–water partition coefficient (Wildman–Crippen LogP) is 1.12. The van der Waals surface area contributed by atoms with E-state index in [9.17, 15) is 27.2 Å². The van der Waals surface area contributed by atoms with Crippen molar-refractivity contribution in [3.05, 3.63) is 59.4 Å². The van der Waals surface area contributed by atoms with Crippen molar-refractivity contribution >= 4 is 33.2 Å². The lowest BCUT2D eigenvalue weighted by atomic mass is 10.1. The highest BCUT2D eigenvalue weighted by Gasteiger charge is 2.27. The fourth-order valence-electron chi connectivity index (χ4n) is 2.34. The third kappa shape index (κ3) is 3.41. The molecule has 0 radical (unpaired) electrons. The zero-order valence-electron chi connectivity index (χ0n) is 12.6. The van der Waals surface area contributed by atoms with Gasteiger partial charge in [-0.3, -0.25) is 19.7 Å². The standard InChI is InChI=1S/C16H11FN2O5S/c17-9-1-4-11(5-2-9)25(23,24)8-14(20)18-10-3-6-12-13(7-10)16(22)19-15(12)21/h1-7H,8H2,(H,18,20)(H,19,21,22). The number of hydrogen-bond acceptors (Lipinski definition) is 5. The summed E-state index contributed by atoms with van der Waals surface area (Å²) in [5.41, 5.74) is 0.467. The van der Waals surface area contributed by atoms with Crippen LogP contribution in [-0.2, 0) is 14.6 Å². The van der Waals surface area contributed by atoms with Gasteiger partial charge in [0.15, 0.2) is 9.84 Å². The average Bonchev–Trinajstić information content (AvgIpc) is 2.81. The van der Waals surface area contributed by atoms with Gasteiger partial charge in [-0.1, -0.05) is 0 Å². The molecular weight excluding hydrogens is 351 g/mol. The van der Waals surface area contributed by atoms with Gasteiger partial charge in [-0.05, 0) is 42.5 Å². The van der Waals surface area contributed by atoms with Gasteiger partial charge in [0.1, 0.15) is 11.6 Å². The number of nitrogens with one attached hydrogen (secondary N) is 2. The number of imide groups is 1. The molecule has 0 fully saturated rings. The number of sulfone groups is 1. The lowest BCUT2D eigenvalue weighted by molar-refractivity contribution is -0.113. The van der Waals surface area contributed by atoms with Crippen LogP contribution in [-0.4, -0.2) is 31.9 Å². The molecule has 0 atom stereocenters. The van der Waals surface area contributed by atoms with Gasteiger partial charge in [0.05, 0.1) is 16.0 Å². The second-order valence-corrected chi connectivity index (χ2v) is 7.29. The summed E-state index contributed by atoms with van der Waals surface area (Å²) in [6.07, 6.45) is 0. The van der Waals surface area contributed by atoms with Crippen molar-refractivity contribution in [3.63, 3.8) is 0 Å². The van der Waals surface area contributed by atoms with Crippen LogP contribution in [0, 0.1) is 5.82 Å². The van der Waals surface area contributed by atoms with E-state index in [1.807, 2.05) is 0 Å². The van der Waals surface area contributed by atoms with Crippen LogP contribution in [0.5, 0.6) is 0 Å². The van der Waals surface area contributed by atoms with E-state index in [1.54, 1.807) is 0 Å². The first-order chi connectivity index (χ1) is 11.8. The molecule has 3 rings (SSSR count). The first kappa shape index (κ1) is 16.8. The number of benzene rings is 2. The Morgan fingerprint density at radius 2 is 1.64 bits per heavy atom. The number of carbonyl (C=O) groups excluding carboxylic acids is 3. The summed E-state index contributed by atoms with van der Waals surface area (Å²) >= 11 is 0. The van der Waals surface area contributed by atoms with Crippen molar-refractivity contribution in [2.45, 2.75) is 4.90 Å². The molecule has 2 N–H and O–H groups in total. The summed E-state index contributed by atoms with van der Waals surface area (Å²) in [5, 5.41) is 4.47. The molecule has 0 saturated carbocycles. The Kier molecular flexibility index (Phi) is 4.09. The number of hydrogen-bond donors (Lipinski definition) is 2. The highest BCUT2D eigenvalue weighted by molar-refractivity contribution is 7.92. The molecule has 128 valence electrons. The summed E-state index contributed by atoms with van der Waals surface area (Å²) in [7, 11) is -3.94. The summed E-state index contributed by atoms with van der Waals surface area (Å²) in [6.45, 7) is 0. The van der Waals surface area contributed by atoms with E-state index < -0.39 is 39.1 Å². The Morgan fingerprint density at radius 1 is 1.00 bits per heavy atom. The lowest BCUT2D eigenvalue weighted by Gasteiger charge is -2.07. The Labute approximate surface area is 141 Å². The number of carbonyl (C=O) groups is 3. The van der Waals surface area contributed by atoms with Crippen LogP contribution in [0.1, 0.15) is 20.7 Å². The quantitative estimate of drug-likeness (QED) is 0.626. The molecule has 2 aromatic carbocycles. The smallest absolute Gasteiger partial charge is 0.259 e. The lowest BCUT2D eigenvalue weighted by Crippen LogP contribution is -2.23. The number of fused-ring (bicyclic) bond motifs is 1. The molecule has 0 saturated heterocycles. The van der Waals surface area contributed by atoms with Crippen LogP contribution in [0.2, 0.25) is 0 Å². The van der Waals surface area contributed by atoms with Gasteiger partial charge in [-0.2, -0.15) is 0 Å². The molecule has 0 spiro atoms. The van der Waals surface area contributed by atoms with Gasteiger partial charge in [0, 0.05) is 5.69 Å². The van der Waals surface area contributed by atoms with E-state index in [2.05, 4.69) is 10.6 Å². The molecule has 3 amide bonds. The van der Waals surface area contributed by atoms with Crippen molar-refractivity contribution in [3.8, 4) is 0 Å². The number of rotatable bonds is 4. The van der Waals surface area contributed by atoms with Crippen molar-refractivity contribution in [2.75, 3.05) is 11.1 Å². The highest BCUT2D eigenvalue weighted by atomic mass is 32.2. The van der Waals surface area contributed by atoms with Gasteiger partial charge in [0.25, 0.3) is 11.8 Å². The molecular formula is C16H11FN2O5S. The molecule has 2 aromatic rings. The average molecular weight is 362 g/mol. The van der Waals surface area contributed by atoms with Crippen LogP contribution in [0.15, 0.2) is 47.4 Å². The maximum absolute atomic E-state index is 12.9. The van der Waals surface area contributed by atoms with E-state index in [0.717, 1.165) is 24.3 Å². The van der Waals surface area contributed by atoms with Crippen molar-refractivity contribution < 1.29 is 27.2 Å². The molecule has 25 heavy (non-hydrogen) atoms. The van der Waals surface area contributed by atoms with Crippen molar-refractivity contribution in [1.29, 1.82) is 0 Å². The number of anilines is 1. The Hall–Kier alpha value is -3.07. The molecule has 1 aliphatic rings. The third-order valence-electron chi connectivity index (χ3n) is 3.51. The van der Waals surface area contributed by atoms with E-state index in [4.69, 9.17) is 0 Å². The number of halogens is 1. The van der Waals surface area contributed by atoms with Crippen molar-refractivity contribution in [2.24, 2.45) is 0 Å². The number of amides is 3. The topological polar surface area (TPSA) is 109 Å². The van der Waals surface area contributed by atoms with E-state index in [0.29, 0.717) is 0 Å². The van der Waals surface area contributed by atoms with Crippen LogP contribution >= 0.6 is 0 Å². The molecule has 0 bridgehead atoms. The molecule has 0 unspecified atom stereocenters. The first-order valence-electron chi connectivity index (χ1n) is 7.04. The second-order valence-electron chi connectivity index (χ2n) is 5.30. The van der Waals surface area contributed by atoms with E-state index >= 15 is 0 Å². The zero-order chi connectivity index (χ0) is 18.2. The molecule has 1 aliphatic heterocycles.